The van der Waals surface area contributed by atoms with Gasteiger partial charge in [-0.2, -0.15) is 0 Å². The SMILES string of the molecule is CCC1CCCC(NCc2sc(C)nc2C)C1. The fraction of sp³-hybridized carbons (Fsp3) is 0.786. The lowest BCUT2D eigenvalue weighted by Gasteiger charge is -2.29. The van der Waals surface area contributed by atoms with Crippen LogP contribution in [0.1, 0.15) is 54.6 Å². The van der Waals surface area contributed by atoms with E-state index in [1.807, 2.05) is 11.3 Å². The Morgan fingerprint density at radius 1 is 1.35 bits per heavy atom. The molecule has 17 heavy (non-hydrogen) atoms. The Kier molecular flexibility index (Phi) is 4.57. The van der Waals surface area contributed by atoms with Crippen molar-refractivity contribution in [1.82, 2.24) is 10.3 Å². The maximum absolute atomic E-state index is 4.48. The van der Waals surface area contributed by atoms with Crippen LogP contribution in [-0.2, 0) is 6.54 Å². The van der Waals surface area contributed by atoms with Gasteiger partial charge in [0.25, 0.3) is 0 Å². The summed E-state index contributed by atoms with van der Waals surface area (Å²) in [5.74, 6) is 0.950. The van der Waals surface area contributed by atoms with Crippen LogP contribution in [0, 0.1) is 19.8 Å². The van der Waals surface area contributed by atoms with Crippen molar-refractivity contribution in [1.29, 1.82) is 0 Å². The zero-order valence-electron chi connectivity index (χ0n) is 11.3. The van der Waals surface area contributed by atoms with E-state index < -0.39 is 0 Å². The maximum Gasteiger partial charge on any atom is 0.0900 e. The summed E-state index contributed by atoms with van der Waals surface area (Å²) in [6.07, 6.45) is 6.90. The fourth-order valence-corrected chi connectivity index (χ4v) is 3.71. The van der Waals surface area contributed by atoms with Crippen LogP contribution in [0.2, 0.25) is 0 Å². The molecule has 3 heteroatoms. The molecule has 0 saturated heterocycles. The van der Waals surface area contributed by atoms with E-state index in [0.717, 1.165) is 18.5 Å². The van der Waals surface area contributed by atoms with Crippen LogP contribution in [0.5, 0.6) is 0 Å². The van der Waals surface area contributed by atoms with Crippen LogP contribution in [-0.4, -0.2) is 11.0 Å². The molecular formula is C14H24N2S. The molecule has 0 amide bonds. The summed E-state index contributed by atoms with van der Waals surface area (Å²) in [4.78, 5) is 5.90. The van der Waals surface area contributed by atoms with Crippen LogP contribution in [0.25, 0.3) is 0 Å². The van der Waals surface area contributed by atoms with Gasteiger partial charge in [-0.05, 0) is 32.6 Å². The minimum atomic E-state index is 0.732. The van der Waals surface area contributed by atoms with Gasteiger partial charge in [0, 0.05) is 17.5 Å². The van der Waals surface area contributed by atoms with Gasteiger partial charge in [-0.25, -0.2) is 4.98 Å². The van der Waals surface area contributed by atoms with Gasteiger partial charge in [0.15, 0.2) is 0 Å². The third kappa shape index (κ3) is 3.52. The lowest BCUT2D eigenvalue weighted by Crippen LogP contribution is -2.33. The van der Waals surface area contributed by atoms with Crippen molar-refractivity contribution in [3.8, 4) is 0 Å². The van der Waals surface area contributed by atoms with Crippen molar-refractivity contribution in [2.45, 2.75) is 65.5 Å². The summed E-state index contributed by atoms with van der Waals surface area (Å²) >= 11 is 1.84. The zero-order valence-corrected chi connectivity index (χ0v) is 12.1. The first-order valence-corrected chi connectivity index (χ1v) is 7.67. The number of nitrogens with one attached hydrogen (secondary N) is 1. The van der Waals surface area contributed by atoms with Crippen molar-refractivity contribution in [3.63, 3.8) is 0 Å². The number of nitrogens with zero attached hydrogens (tertiary/aromatic N) is 1. The van der Waals surface area contributed by atoms with Gasteiger partial charge in [-0.15, -0.1) is 11.3 Å². The van der Waals surface area contributed by atoms with E-state index in [2.05, 4.69) is 31.1 Å². The van der Waals surface area contributed by atoms with Gasteiger partial charge in [0.2, 0.25) is 0 Å². The van der Waals surface area contributed by atoms with E-state index in [1.54, 1.807) is 0 Å². The number of aromatic nitrogens is 1. The first kappa shape index (κ1) is 13.0. The summed E-state index contributed by atoms with van der Waals surface area (Å²) in [5.41, 5.74) is 1.21. The van der Waals surface area contributed by atoms with Gasteiger partial charge in [-0.3, -0.25) is 0 Å². The molecule has 0 aromatic carbocycles. The topological polar surface area (TPSA) is 24.9 Å². The highest BCUT2D eigenvalue weighted by atomic mass is 32.1. The Morgan fingerprint density at radius 3 is 2.82 bits per heavy atom. The Bertz CT molecular complexity index is 359. The Hall–Kier alpha value is -0.410. The lowest BCUT2D eigenvalue weighted by atomic mass is 9.84. The van der Waals surface area contributed by atoms with E-state index >= 15 is 0 Å². The Labute approximate surface area is 109 Å². The zero-order chi connectivity index (χ0) is 12.3. The molecule has 1 aliphatic rings. The number of hydrogen-bond donors (Lipinski definition) is 1. The van der Waals surface area contributed by atoms with E-state index in [9.17, 15) is 0 Å². The third-order valence-corrected chi connectivity index (χ3v) is 4.98. The first-order valence-electron chi connectivity index (χ1n) is 6.85. The Morgan fingerprint density at radius 2 is 2.18 bits per heavy atom. The minimum Gasteiger partial charge on any atom is -0.309 e. The molecule has 1 fully saturated rings. The lowest BCUT2D eigenvalue weighted by molar-refractivity contribution is 0.278. The smallest absolute Gasteiger partial charge is 0.0900 e. The highest BCUT2D eigenvalue weighted by Crippen LogP contribution is 2.27. The second-order valence-electron chi connectivity index (χ2n) is 5.26. The molecule has 1 heterocycles. The summed E-state index contributed by atoms with van der Waals surface area (Å²) in [7, 11) is 0. The highest BCUT2D eigenvalue weighted by molar-refractivity contribution is 7.11. The second-order valence-corrected chi connectivity index (χ2v) is 6.55. The molecule has 1 N–H and O–H groups in total. The van der Waals surface area contributed by atoms with Crippen molar-refractivity contribution in [2.24, 2.45) is 5.92 Å². The van der Waals surface area contributed by atoms with Crippen LogP contribution in [0.4, 0.5) is 0 Å². The van der Waals surface area contributed by atoms with Crippen LogP contribution < -0.4 is 5.32 Å². The van der Waals surface area contributed by atoms with E-state index in [4.69, 9.17) is 0 Å². The van der Waals surface area contributed by atoms with Crippen LogP contribution in [0.15, 0.2) is 0 Å². The van der Waals surface area contributed by atoms with Gasteiger partial charge in [-0.1, -0.05) is 26.2 Å². The summed E-state index contributed by atoms with van der Waals surface area (Å²) in [5, 5.41) is 4.92. The molecule has 0 radical (unpaired) electrons. The van der Waals surface area contributed by atoms with Gasteiger partial charge < -0.3 is 5.32 Å². The van der Waals surface area contributed by atoms with E-state index in [0.29, 0.717) is 0 Å². The Balaban J connectivity index is 1.83. The first-order chi connectivity index (χ1) is 8.19. The van der Waals surface area contributed by atoms with Gasteiger partial charge in [0.1, 0.15) is 0 Å². The van der Waals surface area contributed by atoms with Crippen LogP contribution in [0.3, 0.4) is 0 Å². The molecule has 1 aliphatic carbocycles. The van der Waals surface area contributed by atoms with E-state index in [-0.39, 0.29) is 0 Å². The van der Waals surface area contributed by atoms with Gasteiger partial charge >= 0.3 is 0 Å². The molecule has 2 unspecified atom stereocenters. The molecular weight excluding hydrogens is 228 g/mol. The van der Waals surface area contributed by atoms with Crippen molar-refractivity contribution in [2.75, 3.05) is 0 Å². The highest BCUT2D eigenvalue weighted by Gasteiger charge is 2.20. The largest absolute Gasteiger partial charge is 0.309 e. The molecule has 2 atom stereocenters. The normalized spacial score (nSPS) is 25.1. The number of aryl methyl sites for hydroxylation is 2. The number of hydrogen-bond acceptors (Lipinski definition) is 3. The predicted molar refractivity (Wildman–Crippen MR) is 74.5 cm³/mol. The molecule has 1 saturated carbocycles. The molecule has 1 aromatic heterocycles. The fourth-order valence-electron chi connectivity index (χ4n) is 2.82. The molecule has 1 aromatic rings. The average Bonchev–Trinajstić information content (AvgIpc) is 2.65. The molecule has 0 aliphatic heterocycles. The van der Waals surface area contributed by atoms with Crippen LogP contribution >= 0.6 is 11.3 Å². The number of thiazole rings is 1. The summed E-state index contributed by atoms with van der Waals surface area (Å²) < 4.78 is 0. The second kappa shape index (κ2) is 5.96. The number of rotatable bonds is 4. The van der Waals surface area contributed by atoms with Crippen molar-refractivity contribution >= 4 is 11.3 Å². The van der Waals surface area contributed by atoms with Crippen molar-refractivity contribution in [3.05, 3.63) is 15.6 Å². The van der Waals surface area contributed by atoms with E-state index in [1.165, 1.54) is 47.7 Å². The molecule has 2 nitrogen and oxygen atoms in total. The summed E-state index contributed by atoms with van der Waals surface area (Å²) in [6.45, 7) is 7.55. The monoisotopic (exact) mass is 252 g/mol. The van der Waals surface area contributed by atoms with Crippen molar-refractivity contribution < 1.29 is 0 Å². The molecule has 2 rings (SSSR count). The quantitative estimate of drug-likeness (QED) is 0.881. The molecule has 0 bridgehead atoms. The molecule has 96 valence electrons. The average molecular weight is 252 g/mol. The minimum absolute atomic E-state index is 0.732. The maximum atomic E-state index is 4.48. The predicted octanol–water partition coefficient (Wildman–Crippen LogP) is 3.82. The van der Waals surface area contributed by atoms with Gasteiger partial charge in [0.05, 0.1) is 10.7 Å². The third-order valence-electron chi connectivity index (χ3n) is 3.91. The standard InChI is InChI=1S/C14H24N2S/c1-4-12-6-5-7-13(8-12)15-9-14-10(2)16-11(3)17-14/h12-13,15H,4-9H2,1-3H3. The molecule has 0 spiro atoms. The summed E-state index contributed by atoms with van der Waals surface area (Å²) in [6, 6.07) is 0.732.